The van der Waals surface area contributed by atoms with Gasteiger partial charge in [0.15, 0.2) is 5.78 Å². The number of ketones is 1. The summed E-state index contributed by atoms with van der Waals surface area (Å²) in [6.07, 6.45) is 4.02. The van der Waals surface area contributed by atoms with Gasteiger partial charge in [-0.25, -0.2) is 0 Å². The number of rotatable bonds is 2. The van der Waals surface area contributed by atoms with E-state index in [-0.39, 0.29) is 18.4 Å². The van der Waals surface area contributed by atoms with Crippen LogP contribution in [0.4, 0.5) is 0 Å². The minimum Gasteiger partial charge on any atom is -0.465 e. The third-order valence-electron chi connectivity index (χ3n) is 2.03. The van der Waals surface area contributed by atoms with Gasteiger partial charge < -0.3 is 4.74 Å². The second-order valence-corrected chi connectivity index (χ2v) is 3.31. The first-order chi connectivity index (χ1) is 5.54. The monoisotopic (exact) mass is 168 g/mol. The van der Waals surface area contributed by atoms with Gasteiger partial charge in [0.05, 0.1) is 5.41 Å². The van der Waals surface area contributed by atoms with Crippen molar-refractivity contribution < 1.29 is 14.3 Å². The molecule has 0 aromatic carbocycles. The van der Waals surface area contributed by atoms with Crippen molar-refractivity contribution in [3.63, 3.8) is 0 Å². The van der Waals surface area contributed by atoms with Crippen LogP contribution in [0.1, 0.15) is 20.3 Å². The van der Waals surface area contributed by atoms with Crippen molar-refractivity contribution in [2.45, 2.75) is 20.3 Å². The molecule has 1 unspecified atom stereocenters. The first-order valence-corrected chi connectivity index (χ1v) is 3.89. The highest BCUT2D eigenvalue weighted by Crippen LogP contribution is 2.29. The van der Waals surface area contributed by atoms with Crippen LogP contribution in [-0.4, -0.2) is 18.4 Å². The Morgan fingerprint density at radius 3 is 2.83 bits per heavy atom. The third kappa shape index (κ3) is 1.72. The van der Waals surface area contributed by atoms with E-state index in [2.05, 4.69) is 0 Å². The molecule has 0 radical (unpaired) electrons. The lowest BCUT2D eigenvalue weighted by Crippen LogP contribution is -2.29. The summed E-state index contributed by atoms with van der Waals surface area (Å²) in [6.45, 7) is 3.34. The molecule has 0 aromatic heterocycles. The van der Waals surface area contributed by atoms with Gasteiger partial charge in [-0.1, -0.05) is 6.08 Å². The molecule has 12 heavy (non-hydrogen) atoms. The average molecular weight is 168 g/mol. The van der Waals surface area contributed by atoms with Gasteiger partial charge in [0.2, 0.25) is 0 Å². The summed E-state index contributed by atoms with van der Waals surface area (Å²) in [7, 11) is 0. The molecule has 1 rings (SSSR count). The molecule has 0 spiro atoms. The molecule has 66 valence electrons. The summed E-state index contributed by atoms with van der Waals surface area (Å²) in [5.41, 5.74) is -0.508. The number of hydrogen-bond donors (Lipinski definition) is 0. The predicted molar refractivity (Wildman–Crippen MR) is 43.5 cm³/mol. The number of carbonyl (C=O) groups excluding carboxylic acids is 2. The highest BCUT2D eigenvalue weighted by molar-refractivity contribution is 5.97. The van der Waals surface area contributed by atoms with Crippen molar-refractivity contribution >= 4 is 11.8 Å². The van der Waals surface area contributed by atoms with E-state index in [9.17, 15) is 9.59 Å². The summed E-state index contributed by atoms with van der Waals surface area (Å²) in [4.78, 5) is 21.7. The summed E-state index contributed by atoms with van der Waals surface area (Å²) in [5, 5.41) is 0. The van der Waals surface area contributed by atoms with E-state index in [1.54, 1.807) is 13.0 Å². The standard InChI is InChI=1S/C9H12O3/c1-7(10)12-6-9(2)5-3-4-8(9)11/h3-4H,5-6H2,1-2H3. The molecule has 0 amide bonds. The highest BCUT2D eigenvalue weighted by Gasteiger charge is 2.34. The zero-order chi connectivity index (χ0) is 9.19. The molecule has 3 heteroatoms. The summed E-state index contributed by atoms with van der Waals surface area (Å²) in [6, 6.07) is 0. The van der Waals surface area contributed by atoms with Gasteiger partial charge in [-0.2, -0.15) is 0 Å². The second-order valence-electron chi connectivity index (χ2n) is 3.31. The maximum Gasteiger partial charge on any atom is 0.302 e. The number of allylic oxidation sites excluding steroid dienone is 2. The summed E-state index contributed by atoms with van der Waals surface area (Å²) >= 11 is 0. The molecule has 0 bridgehead atoms. The molecule has 0 fully saturated rings. The Morgan fingerprint density at radius 1 is 1.75 bits per heavy atom. The number of esters is 1. The Kier molecular flexibility index (Phi) is 2.31. The molecule has 0 N–H and O–H groups in total. The minimum atomic E-state index is -0.508. The van der Waals surface area contributed by atoms with Crippen LogP contribution < -0.4 is 0 Å². The summed E-state index contributed by atoms with van der Waals surface area (Å²) < 4.78 is 4.80. The van der Waals surface area contributed by atoms with Crippen molar-refractivity contribution in [1.82, 2.24) is 0 Å². The Bertz CT molecular complexity index is 242. The molecule has 0 saturated carbocycles. The third-order valence-corrected chi connectivity index (χ3v) is 2.03. The molecular formula is C9H12O3. The molecule has 1 aliphatic carbocycles. The maximum absolute atomic E-state index is 11.2. The minimum absolute atomic E-state index is 0.0451. The Hall–Kier alpha value is -1.12. The normalized spacial score (nSPS) is 27.7. The SMILES string of the molecule is CC(=O)OCC1(C)CC=CC1=O. The molecule has 1 aliphatic rings. The molecular weight excluding hydrogens is 156 g/mol. The van der Waals surface area contributed by atoms with Crippen LogP contribution in [0.3, 0.4) is 0 Å². The molecule has 0 saturated heterocycles. The average Bonchev–Trinajstić information content (AvgIpc) is 2.30. The van der Waals surface area contributed by atoms with Gasteiger partial charge >= 0.3 is 5.97 Å². The second kappa shape index (κ2) is 3.09. The van der Waals surface area contributed by atoms with Gasteiger partial charge in [0.1, 0.15) is 6.61 Å². The van der Waals surface area contributed by atoms with E-state index >= 15 is 0 Å². The van der Waals surface area contributed by atoms with Crippen molar-refractivity contribution in [3.05, 3.63) is 12.2 Å². The Labute approximate surface area is 71.4 Å². The molecule has 0 heterocycles. The van der Waals surface area contributed by atoms with Gasteiger partial charge in [-0.15, -0.1) is 0 Å². The van der Waals surface area contributed by atoms with E-state index in [4.69, 9.17) is 4.74 Å². The van der Waals surface area contributed by atoms with E-state index in [0.29, 0.717) is 6.42 Å². The fourth-order valence-corrected chi connectivity index (χ4v) is 1.12. The van der Waals surface area contributed by atoms with Gasteiger partial charge in [-0.05, 0) is 19.4 Å². The zero-order valence-electron chi connectivity index (χ0n) is 7.29. The van der Waals surface area contributed by atoms with Crippen LogP contribution in [0.5, 0.6) is 0 Å². The van der Waals surface area contributed by atoms with Gasteiger partial charge in [0.25, 0.3) is 0 Å². The van der Waals surface area contributed by atoms with Crippen LogP contribution in [-0.2, 0) is 14.3 Å². The fraction of sp³-hybridized carbons (Fsp3) is 0.556. The number of ether oxygens (including phenoxy) is 1. The van der Waals surface area contributed by atoms with Crippen LogP contribution in [0.15, 0.2) is 12.2 Å². The first-order valence-electron chi connectivity index (χ1n) is 3.89. The lowest BCUT2D eigenvalue weighted by Gasteiger charge is -2.20. The highest BCUT2D eigenvalue weighted by atomic mass is 16.5. The van der Waals surface area contributed by atoms with Crippen molar-refractivity contribution in [2.75, 3.05) is 6.61 Å². The van der Waals surface area contributed by atoms with Gasteiger partial charge in [0, 0.05) is 6.92 Å². The fourth-order valence-electron chi connectivity index (χ4n) is 1.12. The predicted octanol–water partition coefficient (Wildman–Crippen LogP) is 1.08. The number of hydrogen-bond acceptors (Lipinski definition) is 3. The molecule has 0 aromatic rings. The lowest BCUT2D eigenvalue weighted by molar-refractivity contribution is -0.145. The molecule has 1 atom stereocenters. The van der Waals surface area contributed by atoms with E-state index in [1.165, 1.54) is 6.92 Å². The van der Waals surface area contributed by atoms with E-state index in [0.717, 1.165) is 0 Å². The van der Waals surface area contributed by atoms with Crippen LogP contribution in [0, 0.1) is 5.41 Å². The zero-order valence-corrected chi connectivity index (χ0v) is 7.29. The van der Waals surface area contributed by atoms with Gasteiger partial charge in [-0.3, -0.25) is 9.59 Å². The smallest absolute Gasteiger partial charge is 0.302 e. The molecule has 0 aliphatic heterocycles. The van der Waals surface area contributed by atoms with E-state index in [1.807, 2.05) is 6.08 Å². The Balaban J connectivity index is 2.51. The topological polar surface area (TPSA) is 43.4 Å². The maximum atomic E-state index is 11.2. The molecule has 3 nitrogen and oxygen atoms in total. The first kappa shape index (κ1) is 8.97. The largest absolute Gasteiger partial charge is 0.465 e. The van der Waals surface area contributed by atoms with Crippen LogP contribution >= 0.6 is 0 Å². The quantitative estimate of drug-likeness (QED) is 0.579. The van der Waals surface area contributed by atoms with Crippen LogP contribution in [0.25, 0.3) is 0 Å². The van der Waals surface area contributed by atoms with E-state index < -0.39 is 5.41 Å². The van der Waals surface area contributed by atoms with Crippen molar-refractivity contribution in [1.29, 1.82) is 0 Å². The Morgan fingerprint density at radius 2 is 2.42 bits per heavy atom. The van der Waals surface area contributed by atoms with Crippen molar-refractivity contribution in [2.24, 2.45) is 5.41 Å². The number of carbonyl (C=O) groups is 2. The van der Waals surface area contributed by atoms with Crippen molar-refractivity contribution in [3.8, 4) is 0 Å². The lowest BCUT2D eigenvalue weighted by atomic mass is 9.88. The van der Waals surface area contributed by atoms with Crippen LogP contribution in [0.2, 0.25) is 0 Å². The summed E-state index contributed by atoms with van der Waals surface area (Å²) in [5.74, 6) is -0.292.